The second kappa shape index (κ2) is 10.9. The molecule has 2 aliphatic heterocycles. The first-order valence-electron chi connectivity index (χ1n) is 12.2. The number of hydrogen-bond donors (Lipinski definition) is 2. The fourth-order valence-corrected chi connectivity index (χ4v) is 4.94. The molecule has 2 amide bonds. The summed E-state index contributed by atoms with van der Waals surface area (Å²) >= 11 is 0. The Hall–Kier alpha value is -2.78. The number of aliphatic hydroxyl groups is 1. The van der Waals surface area contributed by atoms with Crippen LogP contribution < -0.4 is 10.2 Å². The number of likely N-dealkylation sites (tertiary alicyclic amines) is 1. The summed E-state index contributed by atoms with van der Waals surface area (Å²) < 4.78 is 40.5. The number of nitrogens with zero attached hydrogens (tertiary/aromatic N) is 3. The molecular formula is C26H33F3N4O2. The Balaban J connectivity index is 1.21. The highest BCUT2D eigenvalue weighted by Crippen LogP contribution is 2.27. The predicted octanol–water partition coefficient (Wildman–Crippen LogP) is 3.74. The molecule has 0 radical (unpaired) electrons. The van der Waals surface area contributed by atoms with Crippen molar-refractivity contribution in [2.45, 2.75) is 44.4 Å². The zero-order chi connectivity index (χ0) is 25.0. The van der Waals surface area contributed by atoms with E-state index in [1.807, 2.05) is 25.1 Å². The third-order valence-corrected chi connectivity index (χ3v) is 7.12. The lowest BCUT2D eigenvalue weighted by Gasteiger charge is -2.41. The molecular weight excluding hydrogens is 457 g/mol. The predicted molar refractivity (Wildman–Crippen MR) is 129 cm³/mol. The van der Waals surface area contributed by atoms with Crippen LogP contribution in [0.25, 0.3) is 0 Å². The Morgan fingerprint density at radius 3 is 2.34 bits per heavy atom. The highest BCUT2D eigenvalue weighted by atomic mass is 19.2. The van der Waals surface area contributed by atoms with Crippen molar-refractivity contribution in [1.82, 2.24) is 15.1 Å². The minimum Gasteiger partial charge on any atom is -0.390 e. The first-order chi connectivity index (χ1) is 16.7. The quantitative estimate of drug-likeness (QED) is 0.606. The molecule has 9 heteroatoms. The van der Waals surface area contributed by atoms with E-state index in [-0.39, 0.29) is 17.8 Å². The van der Waals surface area contributed by atoms with Gasteiger partial charge >= 0.3 is 6.03 Å². The summed E-state index contributed by atoms with van der Waals surface area (Å²) in [5.41, 5.74) is 0.727. The summed E-state index contributed by atoms with van der Waals surface area (Å²) in [5.74, 6) is -3.93. The molecule has 2 fully saturated rings. The SMILES string of the molecule is C[C@@H]1CN(c2cc(F)c(F)c(F)c2)CCN1C(=O)NCCC1(O)CCN(Cc2ccccc2)CC1. The number of rotatable bonds is 6. The van der Waals surface area contributed by atoms with Crippen LogP contribution in [0.15, 0.2) is 42.5 Å². The van der Waals surface area contributed by atoms with E-state index in [0.717, 1.165) is 31.8 Å². The van der Waals surface area contributed by atoms with Gasteiger partial charge in [-0.05, 0) is 31.7 Å². The lowest BCUT2D eigenvalue weighted by molar-refractivity contribution is -0.0284. The smallest absolute Gasteiger partial charge is 0.317 e. The highest BCUT2D eigenvalue weighted by Gasteiger charge is 2.33. The van der Waals surface area contributed by atoms with Crippen molar-refractivity contribution in [3.05, 3.63) is 65.5 Å². The number of carbonyl (C=O) groups is 1. The van der Waals surface area contributed by atoms with E-state index in [1.54, 1.807) is 9.80 Å². The number of piperidine rings is 1. The van der Waals surface area contributed by atoms with Crippen LogP contribution in [-0.2, 0) is 6.54 Å². The maximum atomic E-state index is 13.6. The molecule has 0 aromatic heterocycles. The number of benzene rings is 2. The lowest BCUT2D eigenvalue weighted by atomic mass is 9.88. The van der Waals surface area contributed by atoms with Gasteiger partial charge in [0, 0.05) is 69.7 Å². The van der Waals surface area contributed by atoms with Crippen molar-refractivity contribution in [2.24, 2.45) is 0 Å². The average Bonchev–Trinajstić information content (AvgIpc) is 2.84. The Labute approximate surface area is 204 Å². The van der Waals surface area contributed by atoms with Crippen molar-refractivity contribution < 1.29 is 23.1 Å². The van der Waals surface area contributed by atoms with Crippen LogP contribution in [0.4, 0.5) is 23.7 Å². The molecule has 190 valence electrons. The number of carbonyl (C=O) groups excluding carboxylic acids is 1. The van der Waals surface area contributed by atoms with Crippen molar-refractivity contribution in [1.29, 1.82) is 0 Å². The Bertz CT molecular complexity index is 992. The lowest BCUT2D eigenvalue weighted by Crippen LogP contribution is -2.57. The highest BCUT2D eigenvalue weighted by molar-refractivity contribution is 5.75. The van der Waals surface area contributed by atoms with E-state index in [1.165, 1.54) is 5.56 Å². The van der Waals surface area contributed by atoms with E-state index in [9.17, 15) is 23.1 Å². The molecule has 2 aromatic rings. The number of urea groups is 1. The van der Waals surface area contributed by atoms with Gasteiger partial charge in [0.2, 0.25) is 0 Å². The van der Waals surface area contributed by atoms with Crippen LogP contribution in [0.1, 0.15) is 31.7 Å². The first-order valence-corrected chi connectivity index (χ1v) is 12.2. The summed E-state index contributed by atoms with van der Waals surface area (Å²) in [6.45, 7) is 5.84. The minimum absolute atomic E-state index is 0.204. The number of hydrogen-bond acceptors (Lipinski definition) is 4. The number of halogens is 3. The summed E-state index contributed by atoms with van der Waals surface area (Å²) in [7, 11) is 0. The number of amides is 2. The molecule has 2 saturated heterocycles. The van der Waals surface area contributed by atoms with Gasteiger partial charge in [0.15, 0.2) is 17.5 Å². The van der Waals surface area contributed by atoms with Crippen LogP contribution in [0.2, 0.25) is 0 Å². The van der Waals surface area contributed by atoms with E-state index in [2.05, 4.69) is 22.3 Å². The monoisotopic (exact) mass is 490 g/mol. The molecule has 35 heavy (non-hydrogen) atoms. The van der Waals surface area contributed by atoms with E-state index < -0.39 is 23.1 Å². The van der Waals surface area contributed by atoms with Gasteiger partial charge in [0.1, 0.15) is 0 Å². The molecule has 0 aliphatic carbocycles. The van der Waals surface area contributed by atoms with Gasteiger partial charge in [0.05, 0.1) is 5.60 Å². The van der Waals surface area contributed by atoms with Crippen molar-refractivity contribution in [3.8, 4) is 0 Å². The second-order valence-corrected chi connectivity index (χ2v) is 9.68. The standard InChI is InChI=1S/C26H33F3N4O2/c1-19-17-32(21-15-22(27)24(29)23(28)16-21)13-14-33(19)25(34)30-10-7-26(35)8-11-31(12-9-26)18-20-5-3-2-4-6-20/h2-6,15-16,19,35H,7-14,17-18H2,1H3,(H,30,34)/t19-/m1/s1. The van der Waals surface area contributed by atoms with Gasteiger partial charge in [0.25, 0.3) is 0 Å². The van der Waals surface area contributed by atoms with Crippen LogP contribution in [0.3, 0.4) is 0 Å². The molecule has 2 aromatic carbocycles. The van der Waals surface area contributed by atoms with Crippen LogP contribution >= 0.6 is 0 Å². The summed E-state index contributed by atoms with van der Waals surface area (Å²) in [6, 6.07) is 11.8. The van der Waals surface area contributed by atoms with Crippen LogP contribution in [0.5, 0.6) is 0 Å². The topological polar surface area (TPSA) is 59.1 Å². The largest absolute Gasteiger partial charge is 0.390 e. The molecule has 0 saturated carbocycles. The molecule has 0 bridgehead atoms. The van der Waals surface area contributed by atoms with E-state index >= 15 is 0 Å². The van der Waals surface area contributed by atoms with E-state index in [4.69, 9.17) is 0 Å². The molecule has 0 spiro atoms. The normalized spacial score (nSPS) is 20.7. The molecule has 4 rings (SSSR count). The maximum Gasteiger partial charge on any atom is 0.317 e. The first kappa shape index (κ1) is 25.3. The van der Waals surface area contributed by atoms with E-state index in [0.29, 0.717) is 45.4 Å². The number of anilines is 1. The fraction of sp³-hybridized carbons (Fsp3) is 0.500. The second-order valence-electron chi connectivity index (χ2n) is 9.68. The van der Waals surface area contributed by atoms with Gasteiger partial charge in [-0.1, -0.05) is 30.3 Å². The van der Waals surface area contributed by atoms with Crippen molar-refractivity contribution >= 4 is 11.7 Å². The third-order valence-electron chi connectivity index (χ3n) is 7.12. The summed E-state index contributed by atoms with van der Waals surface area (Å²) in [5, 5.41) is 13.9. The molecule has 2 N–H and O–H groups in total. The fourth-order valence-electron chi connectivity index (χ4n) is 4.94. The molecule has 0 unspecified atom stereocenters. The Morgan fingerprint density at radius 1 is 1.06 bits per heavy atom. The van der Waals surface area contributed by atoms with Gasteiger partial charge in [-0.25, -0.2) is 18.0 Å². The number of piperazine rings is 1. The molecule has 6 nitrogen and oxygen atoms in total. The zero-order valence-electron chi connectivity index (χ0n) is 20.0. The molecule has 1 atom stereocenters. The van der Waals surface area contributed by atoms with Crippen LogP contribution in [-0.4, -0.2) is 71.8 Å². The summed E-state index contributed by atoms with van der Waals surface area (Å²) in [4.78, 5) is 18.5. The zero-order valence-corrected chi connectivity index (χ0v) is 20.0. The molecule has 2 heterocycles. The van der Waals surface area contributed by atoms with Gasteiger partial charge in [-0.2, -0.15) is 0 Å². The number of nitrogens with one attached hydrogen (secondary N) is 1. The maximum absolute atomic E-state index is 13.6. The Kier molecular flexibility index (Phi) is 7.86. The van der Waals surface area contributed by atoms with Crippen LogP contribution in [0, 0.1) is 17.5 Å². The summed E-state index contributed by atoms with van der Waals surface area (Å²) in [6.07, 6.45) is 1.81. The Morgan fingerprint density at radius 2 is 1.71 bits per heavy atom. The van der Waals surface area contributed by atoms with Gasteiger partial charge < -0.3 is 20.2 Å². The van der Waals surface area contributed by atoms with Crippen molar-refractivity contribution in [3.63, 3.8) is 0 Å². The van der Waals surface area contributed by atoms with Gasteiger partial charge in [-0.15, -0.1) is 0 Å². The third kappa shape index (κ3) is 6.27. The molecule has 2 aliphatic rings. The minimum atomic E-state index is -1.48. The average molecular weight is 491 g/mol. The van der Waals surface area contributed by atoms with Gasteiger partial charge in [-0.3, -0.25) is 4.90 Å². The van der Waals surface area contributed by atoms with Crippen molar-refractivity contribution in [2.75, 3.05) is 44.2 Å².